The zero-order valence-corrected chi connectivity index (χ0v) is 16.6. The number of aryl methyl sites for hydroxylation is 2. The van der Waals surface area contributed by atoms with Gasteiger partial charge in [0, 0.05) is 24.3 Å². The van der Waals surface area contributed by atoms with Gasteiger partial charge in [-0.1, -0.05) is 12.1 Å². The molecular weight excluding hydrogens is 400 g/mol. The molecule has 2 aromatic rings. The molecule has 0 unspecified atom stereocenters. The fourth-order valence-corrected chi connectivity index (χ4v) is 4.44. The van der Waals surface area contributed by atoms with Gasteiger partial charge in [-0.25, -0.2) is 4.98 Å². The Morgan fingerprint density at radius 3 is 2.96 bits per heavy atom. The van der Waals surface area contributed by atoms with Crippen molar-refractivity contribution < 1.29 is 9.53 Å². The number of amides is 1. The molecule has 1 aliphatic rings. The molecule has 1 N–H and O–H groups in total. The first-order valence-electron chi connectivity index (χ1n) is 8.84. The lowest BCUT2D eigenvalue weighted by Gasteiger charge is -2.08. The molecule has 6 heteroatoms. The highest BCUT2D eigenvalue weighted by atomic mass is 79.9. The lowest BCUT2D eigenvalue weighted by atomic mass is 10.0. The molecule has 1 heterocycles. The van der Waals surface area contributed by atoms with E-state index in [9.17, 15) is 4.79 Å². The SMILES string of the molecule is O=C(CCCOc1ccccc1Br)NCCc1nc2c(s1)CCCC2. The maximum absolute atomic E-state index is 11.9. The highest BCUT2D eigenvalue weighted by Crippen LogP contribution is 2.26. The van der Waals surface area contributed by atoms with E-state index in [-0.39, 0.29) is 5.91 Å². The van der Waals surface area contributed by atoms with Gasteiger partial charge in [0.1, 0.15) is 5.75 Å². The minimum absolute atomic E-state index is 0.0806. The van der Waals surface area contributed by atoms with Crippen LogP contribution < -0.4 is 10.1 Å². The molecule has 0 aliphatic heterocycles. The van der Waals surface area contributed by atoms with E-state index >= 15 is 0 Å². The molecule has 0 bridgehead atoms. The maximum atomic E-state index is 11.9. The van der Waals surface area contributed by atoms with Crippen molar-refractivity contribution in [3.63, 3.8) is 0 Å². The fourth-order valence-electron chi connectivity index (χ4n) is 2.89. The predicted molar refractivity (Wildman–Crippen MR) is 104 cm³/mol. The Hall–Kier alpha value is -1.40. The smallest absolute Gasteiger partial charge is 0.220 e. The molecule has 0 atom stereocenters. The van der Waals surface area contributed by atoms with Crippen LogP contribution in [0.2, 0.25) is 0 Å². The second-order valence-corrected chi connectivity index (χ2v) is 8.19. The third-order valence-corrected chi connectivity index (χ3v) is 6.07. The van der Waals surface area contributed by atoms with E-state index in [2.05, 4.69) is 21.2 Å². The number of thiazole rings is 1. The normalized spacial score (nSPS) is 13.3. The largest absolute Gasteiger partial charge is 0.492 e. The van der Waals surface area contributed by atoms with Crippen molar-refractivity contribution in [3.8, 4) is 5.75 Å². The monoisotopic (exact) mass is 422 g/mol. The van der Waals surface area contributed by atoms with E-state index in [0.717, 1.165) is 28.1 Å². The van der Waals surface area contributed by atoms with Crippen molar-refractivity contribution in [2.24, 2.45) is 0 Å². The summed E-state index contributed by atoms with van der Waals surface area (Å²) in [4.78, 5) is 18.1. The molecule has 1 amide bonds. The predicted octanol–water partition coefficient (Wildman–Crippen LogP) is 4.30. The van der Waals surface area contributed by atoms with Gasteiger partial charge >= 0.3 is 0 Å². The van der Waals surface area contributed by atoms with Gasteiger partial charge in [0.15, 0.2) is 0 Å². The van der Waals surface area contributed by atoms with Gasteiger partial charge in [0.2, 0.25) is 5.91 Å². The Kier molecular flexibility index (Phi) is 6.87. The van der Waals surface area contributed by atoms with Gasteiger partial charge in [-0.15, -0.1) is 11.3 Å². The number of halogens is 1. The molecule has 1 aliphatic carbocycles. The van der Waals surface area contributed by atoms with Crippen LogP contribution in [-0.4, -0.2) is 24.0 Å². The molecule has 25 heavy (non-hydrogen) atoms. The first-order chi connectivity index (χ1) is 12.2. The van der Waals surface area contributed by atoms with Crippen molar-refractivity contribution in [1.82, 2.24) is 10.3 Å². The van der Waals surface area contributed by atoms with Gasteiger partial charge in [0.05, 0.1) is 21.8 Å². The summed E-state index contributed by atoms with van der Waals surface area (Å²) < 4.78 is 6.61. The Labute approximate surface area is 161 Å². The van der Waals surface area contributed by atoms with E-state index in [1.807, 2.05) is 35.6 Å². The lowest BCUT2D eigenvalue weighted by molar-refractivity contribution is -0.121. The Morgan fingerprint density at radius 1 is 1.28 bits per heavy atom. The molecule has 0 saturated heterocycles. The average Bonchev–Trinajstić information content (AvgIpc) is 3.03. The molecule has 0 saturated carbocycles. The molecule has 0 fully saturated rings. The topological polar surface area (TPSA) is 51.2 Å². The van der Waals surface area contributed by atoms with Crippen molar-refractivity contribution in [1.29, 1.82) is 0 Å². The number of aromatic nitrogens is 1. The van der Waals surface area contributed by atoms with Crippen molar-refractivity contribution in [2.75, 3.05) is 13.2 Å². The number of nitrogens with zero attached hydrogens (tertiary/aromatic N) is 1. The summed E-state index contributed by atoms with van der Waals surface area (Å²) in [6, 6.07) is 7.74. The van der Waals surface area contributed by atoms with Gasteiger partial charge in [0.25, 0.3) is 0 Å². The maximum Gasteiger partial charge on any atom is 0.220 e. The summed E-state index contributed by atoms with van der Waals surface area (Å²) in [5.41, 5.74) is 1.29. The molecule has 4 nitrogen and oxygen atoms in total. The molecule has 1 aromatic heterocycles. The van der Waals surface area contributed by atoms with Crippen LogP contribution in [-0.2, 0) is 24.1 Å². The van der Waals surface area contributed by atoms with Crippen molar-refractivity contribution in [3.05, 3.63) is 44.3 Å². The van der Waals surface area contributed by atoms with Crippen LogP contribution in [0.4, 0.5) is 0 Å². The Morgan fingerprint density at radius 2 is 2.12 bits per heavy atom. The first kappa shape index (κ1) is 18.4. The summed E-state index contributed by atoms with van der Waals surface area (Å²) >= 11 is 5.27. The summed E-state index contributed by atoms with van der Waals surface area (Å²) in [6.07, 6.45) is 6.86. The quantitative estimate of drug-likeness (QED) is 0.644. The highest BCUT2D eigenvalue weighted by Gasteiger charge is 2.14. The molecule has 0 spiro atoms. The standard InChI is InChI=1S/C19H23BrN2O2S/c20-14-6-1-3-8-16(14)24-13-5-10-18(23)21-12-11-19-22-15-7-2-4-9-17(15)25-19/h1,3,6,8H,2,4-5,7,9-13H2,(H,21,23). The van der Waals surface area contributed by atoms with Crippen LogP contribution in [0.1, 0.15) is 41.3 Å². The average molecular weight is 423 g/mol. The number of hydrogen-bond donors (Lipinski definition) is 1. The zero-order valence-electron chi connectivity index (χ0n) is 14.2. The van der Waals surface area contributed by atoms with E-state index in [1.54, 1.807) is 0 Å². The third kappa shape index (κ3) is 5.54. The van der Waals surface area contributed by atoms with E-state index in [0.29, 0.717) is 26.0 Å². The van der Waals surface area contributed by atoms with Crippen molar-refractivity contribution in [2.45, 2.75) is 44.9 Å². The van der Waals surface area contributed by atoms with Gasteiger partial charge in [-0.3, -0.25) is 4.79 Å². The van der Waals surface area contributed by atoms with Crippen LogP contribution in [0, 0.1) is 0 Å². The summed E-state index contributed by atoms with van der Waals surface area (Å²) in [5, 5.41) is 4.14. The first-order valence-corrected chi connectivity index (χ1v) is 10.4. The number of ether oxygens (including phenoxy) is 1. The van der Waals surface area contributed by atoms with Gasteiger partial charge in [-0.05, 0) is 60.2 Å². The minimum atomic E-state index is 0.0806. The number of carbonyl (C=O) groups is 1. The molecule has 134 valence electrons. The number of rotatable bonds is 8. The Balaban J connectivity index is 1.30. The lowest BCUT2D eigenvalue weighted by Crippen LogP contribution is -2.25. The molecule has 3 rings (SSSR count). The fraction of sp³-hybridized carbons (Fsp3) is 0.474. The number of carbonyl (C=O) groups excluding carboxylic acids is 1. The summed E-state index contributed by atoms with van der Waals surface area (Å²) in [6.45, 7) is 1.20. The van der Waals surface area contributed by atoms with Gasteiger partial charge in [-0.2, -0.15) is 0 Å². The highest BCUT2D eigenvalue weighted by molar-refractivity contribution is 9.10. The molecule has 1 aromatic carbocycles. The number of benzene rings is 1. The van der Waals surface area contributed by atoms with E-state index in [1.165, 1.54) is 29.8 Å². The molecular formula is C19H23BrN2O2S. The number of para-hydroxylation sites is 1. The van der Waals surface area contributed by atoms with Crippen LogP contribution in [0.25, 0.3) is 0 Å². The second-order valence-electron chi connectivity index (χ2n) is 6.17. The van der Waals surface area contributed by atoms with Crippen LogP contribution >= 0.6 is 27.3 Å². The number of hydrogen-bond acceptors (Lipinski definition) is 4. The zero-order chi connectivity index (χ0) is 17.5. The Bertz CT molecular complexity index is 694. The minimum Gasteiger partial charge on any atom is -0.492 e. The van der Waals surface area contributed by atoms with Crippen LogP contribution in [0.3, 0.4) is 0 Å². The summed E-state index contributed by atoms with van der Waals surface area (Å²) in [5.74, 6) is 0.896. The van der Waals surface area contributed by atoms with Gasteiger partial charge < -0.3 is 10.1 Å². The van der Waals surface area contributed by atoms with Crippen LogP contribution in [0.15, 0.2) is 28.7 Å². The van der Waals surface area contributed by atoms with Crippen LogP contribution in [0.5, 0.6) is 5.75 Å². The molecule has 0 radical (unpaired) electrons. The second kappa shape index (κ2) is 9.34. The van der Waals surface area contributed by atoms with E-state index < -0.39 is 0 Å². The number of fused-ring (bicyclic) bond motifs is 1. The van der Waals surface area contributed by atoms with Crippen molar-refractivity contribution >= 4 is 33.2 Å². The summed E-state index contributed by atoms with van der Waals surface area (Å²) in [7, 11) is 0. The number of nitrogens with one attached hydrogen (secondary N) is 1. The van der Waals surface area contributed by atoms with E-state index in [4.69, 9.17) is 9.72 Å². The third-order valence-electron chi connectivity index (χ3n) is 4.19.